The first kappa shape index (κ1) is 19.5. The maximum Gasteiger partial charge on any atom is 0.136 e. The van der Waals surface area contributed by atoms with E-state index >= 15 is 0 Å². The molecule has 0 saturated carbocycles. The van der Waals surface area contributed by atoms with Gasteiger partial charge in [-0.3, -0.25) is 4.98 Å². The summed E-state index contributed by atoms with van der Waals surface area (Å²) >= 11 is 0. The van der Waals surface area contributed by atoms with E-state index in [1.54, 1.807) is 12.1 Å². The summed E-state index contributed by atoms with van der Waals surface area (Å²) in [7, 11) is 0. The van der Waals surface area contributed by atoms with Crippen LogP contribution in [0.1, 0.15) is 32.3 Å². The Labute approximate surface area is 181 Å². The Morgan fingerprint density at radius 1 is 0.710 bits per heavy atom. The molecule has 3 aromatic carbocycles. The predicted octanol–water partition coefficient (Wildman–Crippen LogP) is 8.21. The molecule has 0 aliphatic carbocycles. The molecular formula is C28H24FNO. The zero-order valence-corrected chi connectivity index (χ0v) is 17.9. The molecule has 5 rings (SSSR count). The van der Waals surface area contributed by atoms with Crippen LogP contribution < -0.4 is 0 Å². The van der Waals surface area contributed by atoms with Crippen molar-refractivity contribution in [2.24, 2.45) is 5.92 Å². The smallest absolute Gasteiger partial charge is 0.136 e. The third-order valence-corrected chi connectivity index (χ3v) is 6.25. The summed E-state index contributed by atoms with van der Waals surface area (Å²) in [6.45, 7) is 6.75. The lowest BCUT2D eigenvalue weighted by molar-refractivity contribution is 0.535. The van der Waals surface area contributed by atoms with Crippen molar-refractivity contribution in [3.8, 4) is 22.4 Å². The third kappa shape index (κ3) is 3.61. The van der Waals surface area contributed by atoms with Crippen LogP contribution in [0.25, 0.3) is 44.3 Å². The molecule has 3 heteroatoms. The number of benzene rings is 3. The number of aromatic nitrogens is 1. The lowest BCUT2D eigenvalue weighted by Gasteiger charge is -2.16. The maximum atomic E-state index is 13.3. The summed E-state index contributed by atoms with van der Waals surface area (Å²) in [6, 6.07) is 23.2. The Bertz CT molecular complexity index is 1380. The lowest BCUT2D eigenvalue weighted by atomic mass is 9.90. The minimum atomic E-state index is -0.235. The van der Waals surface area contributed by atoms with Crippen LogP contribution in [0.2, 0.25) is 0 Å². The van der Waals surface area contributed by atoms with Crippen LogP contribution in [-0.2, 0) is 0 Å². The fraction of sp³-hybridized carbons (Fsp3) is 0.179. The van der Waals surface area contributed by atoms with Gasteiger partial charge in [0.05, 0.1) is 5.69 Å². The van der Waals surface area contributed by atoms with Gasteiger partial charge in [-0.1, -0.05) is 39.0 Å². The highest BCUT2D eigenvalue weighted by Crippen LogP contribution is 2.35. The third-order valence-electron chi connectivity index (χ3n) is 6.25. The van der Waals surface area contributed by atoms with E-state index in [2.05, 4.69) is 62.2 Å². The number of hydrogen-bond donors (Lipinski definition) is 0. The molecule has 154 valence electrons. The molecule has 1 atom stereocenters. The zero-order chi connectivity index (χ0) is 21.5. The predicted molar refractivity (Wildman–Crippen MR) is 126 cm³/mol. The van der Waals surface area contributed by atoms with Crippen molar-refractivity contribution in [1.29, 1.82) is 0 Å². The Kier molecular flexibility index (Phi) is 4.82. The molecule has 0 N–H and O–H groups in total. The van der Waals surface area contributed by atoms with Crippen LogP contribution in [-0.4, -0.2) is 4.98 Å². The van der Waals surface area contributed by atoms with Crippen LogP contribution in [0.15, 0.2) is 83.4 Å². The van der Waals surface area contributed by atoms with E-state index in [1.807, 2.05) is 18.3 Å². The number of halogens is 1. The summed E-state index contributed by atoms with van der Waals surface area (Å²) in [5, 5.41) is 2.14. The van der Waals surface area contributed by atoms with Crippen LogP contribution >= 0.6 is 0 Å². The summed E-state index contributed by atoms with van der Waals surface area (Å²) < 4.78 is 19.4. The molecule has 2 aromatic heterocycles. The van der Waals surface area contributed by atoms with Crippen LogP contribution in [0.5, 0.6) is 0 Å². The van der Waals surface area contributed by atoms with E-state index in [9.17, 15) is 4.39 Å². The molecule has 0 spiro atoms. The van der Waals surface area contributed by atoms with E-state index in [-0.39, 0.29) is 5.82 Å². The largest absolute Gasteiger partial charge is 0.456 e. The van der Waals surface area contributed by atoms with Crippen molar-refractivity contribution in [1.82, 2.24) is 4.98 Å². The Morgan fingerprint density at radius 3 is 2.23 bits per heavy atom. The molecule has 31 heavy (non-hydrogen) atoms. The van der Waals surface area contributed by atoms with E-state index in [0.717, 1.165) is 44.3 Å². The molecular weight excluding hydrogens is 385 g/mol. The first-order chi connectivity index (χ1) is 15.0. The average Bonchev–Trinajstić information content (AvgIpc) is 3.16. The quantitative estimate of drug-likeness (QED) is 0.299. The van der Waals surface area contributed by atoms with Crippen molar-refractivity contribution in [2.75, 3.05) is 0 Å². The number of nitrogens with zero attached hydrogens (tertiary/aromatic N) is 1. The van der Waals surface area contributed by atoms with Crippen molar-refractivity contribution >= 4 is 21.9 Å². The fourth-order valence-corrected chi connectivity index (χ4v) is 4.03. The molecule has 0 aliphatic heterocycles. The first-order valence-corrected chi connectivity index (χ1v) is 10.7. The van der Waals surface area contributed by atoms with E-state index < -0.39 is 0 Å². The minimum absolute atomic E-state index is 0.235. The van der Waals surface area contributed by atoms with Gasteiger partial charge in [-0.2, -0.15) is 0 Å². The molecule has 0 saturated heterocycles. The Hall–Kier alpha value is -3.46. The van der Waals surface area contributed by atoms with Crippen molar-refractivity contribution in [3.63, 3.8) is 0 Å². The molecule has 0 fully saturated rings. The molecule has 0 aliphatic rings. The van der Waals surface area contributed by atoms with Gasteiger partial charge in [0.15, 0.2) is 0 Å². The number of pyridine rings is 1. The second-order valence-corrected chi connectivity index (χ2v) is 8.54. The van der Waals surface area contributed by atoms with Gasteiger partial charge in [0, 0.05) is 22.5 Å². The van der Waals surface area contributed by atoms with Gasteiger partial charge >= 0.3 is 0 Å². The lowest BCUT2D eigenvalue weighted by Crippen LogP contribution is -2.02. The summed E-state index contributed by atoms with van der Waals surface area (Å²) in [5.74, 6) is 0.817. The SMILES string of the molecule is CC(C)C(C)c1ccnc(-c2ccc3oc4cc(-c5ccc(F)cc5)ccc4c3c2)c1. The van der Waals surface area contributed by atoms with Crippen molar-refractivity contribution in [2.45, 2.75) is 26.7 Å². The molecule has 0 radical (unpaired) electrons. The second-order valence-electron chi connectivity index (χ2n) is 8.54. The maximum absolute atomic E-state index is 13.3. The van der Waals surface area contributed by atoms with Crippen molar-refractivity contribution < 1.29 is 8.81 Å². The highest BCUT2D eigenvalue weighted by Gasteiger charge is 2.13. The minimum Gasteiger partial charge on any atom is -0.456 e. The first-order valence-electron chi connectivity index (χ1n) is 10.7. The fourth-order valence-electron chi connectivity index (χ4n) is 4.03. The highest BCUT2D eigenvalue weighted by atomic mass is 19.1. The van der Waals surface area contributed by atoms with Gasteiger partial charge in [0.25, 0.3) is 0 Å². The van der Waals surface area contributed by atoms with Crippen LogP contribution in [0.4, 0.5) is 4.39 Å². The van der Waals surface area contributed by atoms with Gasteiger partial charge in [-0.25, -0.2) is 4.39 Å². The van der Waals surface area contributed by atoms with Gasteiger partial charge in [-0.05, 0) is 83.1 Å². The average molecular weight is 410 g/mol. The van der Waals surface area contributed by atoms with Gasteiger partial charge in [-0.15, -0.1) is 0 Å². The van der Waals surface area contributed by atoms with Crippen LogP contribution in [0.3, 0.4) is 0 Å². The standard InChI is InChI=1S/C28H24FNO/c1-17(2)18(3)20-12-13-30-26(15-20)22-7-11-27-25(14-22)24-10-6-21(16-28(24)31-27)19-4-8-23(29)9-5-19/h4-18H,1-3H3. The van der Waals surface area contributed by atoms with E-state index in [0.29, 0.717) is 11.8 Å². The van der Waals surface area contributed by atoms with Gasteiger partial charge in [0.2, 0.25) is 0 Å². The number of rotatable bonds is 4. The number of hydrogen-bond acceptors (Lipinski definition) is 2. The molecule has 0 bridgehead atoms. The van der Waals surface area contributed by atoms with E-state index in [4.69, 9.17) is 4.42 Å². The number of fused-ring (bicyclic) bond motifs is 3. The zero-order valence-electron chi connectivity index (χ0n) is 17.9. The summed E-state index contributed by atoms with van der Waals surface area (Å²) in [4.78, 5) is 4.62. The molecule has 0 amide bonds. The molecule has 2 heterocycles. The van der Waals surface area contributed by atoms with Gasteiger partial charge in [0.1, 0.15) is 17.0 Å². The number of furan rings is 1. The molecule has 1 unspecified atom stereocenters. The van der Waals surface area contributed by atoms with Crippen LogP contribution in [0, 0.1) is 11.7 Å². The highest BCUT2D eigenvalue weighted by molar-refractivity contribution is 6.07. The summed E-state index contributed by atoms with van der Waals surface area (Å²) in [5.41, 5.74) is 7.00. The van der Waals surface area contributed by atoms with Gasteiger partial charge < -0.3 is 4.42 Å². The monoisotopic (exact) mass is 409 g/mol. The summed E-state index contributed by atoms with van der Waals surface area (Å²) in [6.07, 6.45) is 1.90. The Balaban J connectivity index is 1.58. The normalized spacial score (nSPS) is 12.7. The van der Waals surface area contributed by atoms with E-state index in [1.165, 1.54) is 17.7 Å². The topological polar surface area (TPSA) is 26.0 Å². The van der Waals surface area contributed by atoms with Crippen molar-refractivity contribution in [3.05, 3.63) is 90.4 Å². The Morgan fingerprint density at radius 2 is 1.45 bits per heavy atom. The second kappa shape index (κ2) is 7.66. The molecule has 5 aromatic rings. The molecule has 2 nitrogen and oxygen atoms in total.